The average molecular weight is 407 g/mol. The molecule has 2 aliphatic heterocycles. The van der Waals surface area contributed by atoms with Crippen molar-refractivity contribution >= 4 is 23.6 Å². The second-order valence-electron chi connectivity index (χ2n) is 6.35. The second-order valence-corrected chi connectivity index (χ2v) is 6.52. The zero-order chi connectivity index (χ0) is 19.5. The molecule has 1 saturated heterocycles. The molecule has 27 heavy (non-hydrogen) atoms. The Morgan fingerprint density at radius 1 is 1.00 bits per heavy atom. The predicted molar refractivity (Wildman–Crippen MR) is 120 cm³/mol. The Kier molecular flexibility index (Phi) is 22.1. The number of unbranched alkanes of at least 4 members (excludes halogenated alkanes) is 1. The lowest BCUT2D eigenvalue weighted by Gasteiger charge is -2.27. The highest BCUT2D eigenvalue weighted by molar-refractivity contribution is 6.19. The van der Waals surface area contributed by atoms with Crippen LogP contribution >= 0.6 is 11.8 Å². The Morgan fingerprint density at radius 2 is 1.63 bits per heavy atom. The van der Waals surface area contributed by atoms with Crippen LogP contribution in [0.1, 0.15) is 58.8 Å². The van der Waals surface area contributed by atoms with Gasteiger partial charge in [-0.2, -0.15) is 0 Å². The topological polar surface area (TPSA) is 144 Å². The molecule has 0 saturated carbocycles. The van der Waals surface area contributed by atoms with Gasteiger partial charge in [0.1, 0.15) is 0 Å². The molecule has 0 spiro atoms. The van der Waals surface area contributed by atoms with Crippen molar-refractivity contribution < 1.29 is 0 Å². The third-order valence-corrected chi connectivity index (χ3v) is 4.23. The van der Waals surface area contributed by atoms with Crippen LogP contribution in [0.25, 0.3) is 0 Å². The monoisotopic (exact) mass is 406 g/mol. The summed E-state index contributed by atoms with van der Waals surface area (Å²) in [5.41, 5.74) is 20.0. The molecule has 0 aliphatic carbocycles. The molecule has 2 aliphatic rings. The molecule has 0 radical (unpaired) electrons. The van der Waals surface area contributed by atoms with E-state index in [-0.39, 0.29) is 13.4 Å². The maximum atomic E-state index is 5.32. The third-order valence-electron chi connectivity index (χ3n) is 4.04. The highest BCUT2D eigenvalue weighted by atomic mass is 35.5. The summed E-state index contributed by atoms with van der Waals surface area (Å²) in [6, 6.07) is 0. The van der Waals surface area contributed by atoms with Crippen LogP contribution in [-0.2, 0) is 0 Å². The number of hydrogen-bond donors (Lipinski definition) is 5. The first-order valence-electron chi connectivity index (χ1n) is 9.74. The van der Waals surface area contributed by atoms with Crippen LogP contribution < -0.4 is 28.3 Å². The zero-order valence-corrected chi connectivity index (χ0v) is 16.9. The number of halogens is 1. The molecule has 1 fully saturated rings. The summed E-state index contributed by atoms with van der Waals surface area (Å²) in [7, 11) is 0. The maximum Gasteiger partial charge on any atom is 0.203 e. The second kappa shape index (κ2) is 21.2. The Bertz CT molecular complexity index is 364. The SMILES string of the molecule is C.C1CCC2=NCCCN2CC1.NC(N)=NCl.NCCCCNCCCN. The first kappa shape index (κ1) is 28.1. The van der Waals surface area contributed by atoms with E-state index < -0.39 is 0 Å². The van der Waals surface area contributed by atoms with Gasteiger partial charge in [0.25, 0.3) is 0 Å². The molecule has 0 aromatic heterocycles. The van der Waals surface area contributed by atoms with Gasteiger partial charge in [0.05, 0.1) is 5.84 Å². The van der Waals surface area contributed by atoms with Crippen molar-refractivity contribution in [3.05, 3.63) is 0 Å². The van der Waals surface area contributed by atoms with E-state index in [4.69, 9.17) is 11.5 Å². The number of nitrogens with one attached hydrogen (secondary N) is 1. The van der Waals surface area contributed by atoms with Crippen LogP contribution in [-0.4, -0.2) is 62.5 Å². The first-order chi connectivity index (χ1) is 12.7. The van der Waals surface area contributed by atoms with Crippen molar-refractivity contribution in [3.8, 4) is 0 Å². The molecule has 9 N–H and O–H groups in total. The van der Waals surface area contributed by atoms with Gasteiger partial charge in [-0.25, -0.2) is 0 Å². The molecule has 8 nitrogen and oxygen atoms in total. The quantitative estimate of drug-likeness (QED) is 0.245. The predicted octanol–water partition coefficient (Wildman–Crippen LogP) is 1.38. The molecule has 0 aromatic rings. The lowest BCUT2D eigenvalue weighted by Crippen LogP contribution is -2.34. The Morgan fingerprint density at radius 3 is 2.26 bits per heavy atom. The molecule has 9 heteroatoms. The van der Waals surface area contributed by atoms with Crippen LogP contribution in [0, 0.1) is 0 Å². The number of rotatable bonds is 7. The molecule has 0 bridgehead atoms. The minimum absolute atomic E-state index is 0. The standard InChI is InChI=1S/C9H16N2.C7H19N3.CH4ClN3.CH4/c1-2-5-9-10-6-4-8-11(9)7-3-1;8-4-1-2-6-10-7-3-5-9;2-5-1(3)4;/h1-8H2;10H,1-9H2;(H4,3,4,5);1H4. The van der Waals surface area contributed by atoms with Crippen molar-refractivity contribution in [1.29, 1.82) is 0 Å². The van der Waals surface area contributed by atoms with E-state index in [0.717, 1.165) is 45.6 Å². The average Bonchev–Trinajstić information content (AvgIpc) is 2.91. The van der Waals surface area contributed by atoms with Gasteiger partial charge in [0.15, 0.2) is 0 Å². The van der Waals surface area contributed by atoms with Gasteiger partial charge in [-0.1, -0.05) is 13.8 Å². The molecule has 0 unspecified atom stereocenters. The molecule has 0 aromatic carbocycles. The number of amidine groups is 1. The largest absolute Gasteiger partial charge is 0.369 e. The van der Waals surface area contributed by atoms with Gasteiger partial charge in [0, 0.05) is 37.8 Å². The lowest BCUT2D eigenvalue weighted by molar-refractivity contribution is 0.391. The van der Waals surface area contributed by atoms with Crippen LogP contribution in [0.4, 0.5) is 0 Å². The van der Waals surface area contributed by atoms with E-state index in [2.05, 4.69) is 43.0 Å². The molecule has 2 heterocycles. The summed E-state index contributed by atoms with van der Waals surface area (Å²) in [4.78, 5) is 7.04. The number of fused-ring (bicyclic) bond motifs is 1. The van der Waals surface area contributed by atoms with Crippen LogP contribution in [0.2, 0.25) is 0 Å². The normalized spacial score (nSPS) is 15.4. The molecule has 0 atom stereocenters. The molecular weight excluding hydrogens is 364 g/mol. The fourth-order valence-corrected chi connectivity index (χ4v) is 2.69. The molecule has 0 amide bonds. The number of aliphatic imine (C=N–C) groups is 1. The maximum absolute atomic E-state index is 5.32. The van der Waals surface area contributed by atoms with E-state index in [0.29, 0.717) is 0 Å². The third kappa shape index (κ3) is 18.1. The van der Waals surface area contributed by atoms with Gasteiger partial charge < -0.3 is 33.2 Å². The smallest absolute Gasteiger partial charge is 0.203 e. The fourth-order valence-electron chi connectivity index (χ4n) is 2.69. The summed E-state index contributed by atoms with van der Waals surface area (Å²) in [5.74, 6) is 1.29. The minimum Gasteiger partial charge on any atom is -0.369 e. The van der Waals surface area contributed by atoms with Gasteiger partial charge in [-0.3, -0.25) is 4.99 Å². The van der Waals surface area contributed by atoms with E-state index in [1.54, 1.807) is 0 Å². The highest BCUT2D eigenvalue weighted by Crippen LogP contribution is 2.15. The summed E-state index contributed by atoms with van der Waals surface area (Å²) >= 11 is 4.67. The summed E-state index contributed by atoms with van der Waals surface area (Å²) in [6.07, 6.45) is 10.0. The van der Waals surface area contributed by atoms with Crippen LogP contribution in [0.15, 0.2) is 9.50 Å². The molecule has 162 valence electrons. The Hall–Kier alpha value is -1.09. The lowest BCUT2D eigenvalue weighted by atomic mass is 10.2. The highest BCUT2D eigenvalue weighted by Gasteiger charge is 2.16. The fraction of sp³-hybridized carbons (Fsp3) is 0.889. The van der Waals surface area contributed by atoms with Crippen molar-refractivity contribution in [2.24, 2.45) is 32.4 Å². The van der Waals surface area contributed by atoms with Gasteiger partial charge in [-0.05, 0) is 64.7 Å². The molecular formula is C18H43ClN8. The van der Waals surface area contributed by atoms with Crippen molar-refractivity contribution in [1.82, 2.24) is 10.2 Å². The summed E-state index contributed by atoms with van der Waals surface area (Å²) in [6.45, 7) is 7.31. The van der Waals surface area contributed by atoms with Crippen molar-refractivity contribution in [2.45, 2.75) is 58.8 Å². The van der Waals surface area contributed by atoms with Gasteiger partial charge in [-0.15, -0.1) is 4.51 Å². The van der Waals surface area contributed by atoms with Crippen molar-refractivity contribution in [2.75, 3.05) is 45.8 Å². The Labute approximate surface area is 171 Å². The summed E-state index contributed by atoms with van der Waals surface area (Å²) < 4.78 is 2.83. The number of guanidine groups is 1. The Balaban J connectivity index is 0. The van der Waals surface area contributed by atoms with Crippen molar-refractivity contribution in [3.63, 3.8) is 0 Å². The van der Waals surface area contributed by atoms with E-state index in [9.17, 15) is 0 Å². The molecule has 2 rings (SSSR count). The van der Waals surface area contributed by atoms with Crippen LogP contribution in [0.3, 0.4) is 0 Å². The van der Waals surface area contributed by atoms with Crippen LogP contribution in [0.5, 0.6) is 0 Å². The number of nitrogens with zero attached hydrogens (tertiary/aromatic N) is 3. The van der Waals surface area contributed by atoms with Gasteiger partial charge in [0.2, 0.25) is 5.96 Å². The minimum atomic E-state index is -0.105. The van der Waals surface area contributed by atoms with E-state index in [1.165, 1.54) is 57.5 Å². The van der Waals surface area contributed by atoms with Gasteiger partial charge >= 0.3 is 0 Å². The summed E-state index contributed by atoms with van der Waals surface area (Å²) in [5, 5.41) is 3.29. The number of nitrogens with two attached hydrogens (primary N) is 4. The number of hydrogen-bond acceptors (Lipinski definition) is 6. The zero-order valence-electron chi connectivity index (χ0n) is 16.1. The van der Waals surface area contributed by atoms with E-state index >= 15 is 0 Å². The van der Waals surface area contributed by atoms with E-state index in [1.807, 2.05) is 0 Å². The first-order valence-corrected chi connectivity index (χ1v) is 10.1.